The van der Waals surface area contributed by atoms with Gasteiger partial charge in [0, 0.05) is 30.0 Å². The number of hydrogen-bond donors (Lipinski definition) is 3. The Balaban J connectivity index is 1.17. The van der Waals surface area contributed by atoms with E-state index in [4.69, 9.17) is 9.47 Å². The molecule has 248 valence electrons. The number of ether oxygens (including phenoxy) is 2. The van der Waals surface area contributed by atoms with E-state index in [9.17, 15) is 19.2 Å². The van der Waals surface area contributed by atoms with Gasteiger partial charge in [-0.1, -0.05) is 36.4 Å². The molecule has 0 spiro atoms. The molecule has 1 fully saturated rings. The Morgan fingerprint density at radius 1 is 0.787 bits per heavy atom. The molecule has 0 radical (unpaired) electrons. The lowest BCUT2D eigenvalue weighted by Gasteiger charge is -2.28. The predicted molar refractivity (Wildman–Crippen MR) is 179 cm³/mol. The zero-order valence-electron chi connectivity index (χ0n) is 27.6. The fourth-order valence-corrected chi connectivity index (χ4v) is 5.35. The third kappa shape index (κ3) is 8.37. The molecule has 0 saturated carbocycles. The molecular weight excluding hydrogens is 600 g/mol. The van der Waals surface area contributed by atoms with E-state index in [2.05, 4.69) is 20.8 Å². The Labute approximate surface area is 274 Å². The standard InChI is InChI=1S/C35H42N6O6/c1-34(2,3)46-32(44)40-19-7-9-28(40)30(42)36-24-15-11-22(12-16-24)26-21-27(39-38-26)23-13-17-25(18-14-23)37-31(43)29-10-8-20-41(29)33(45)47-35(4,5)6/h7,9,11-18,21,28-29H,8,10,19-20H2,1-6H3,(H,36,42)(H,37,43)(H,38,39)/t28-,29-/m0/s1. The maximum Gasteiger partial charge on any atom is 0.411 e. The molecule has 1 saturated heterocycles. The number of carbonyl (C=O) groups excluding carboxylic acids is 4. The monoisotopic (exact) mass is 642 g/mol. The van der Waals surface area contributed by atoms with Gasteiger partial charge in [-0.05, 0) is 90.3 Å². The molecule has 2 atom stereocenters. The van der Waals surface area contributed by atoms with E-state index in [1.807, 2.05) is 30.3 Å². The number of anilines is 2. The lowest BCUT2D eigenvalue weighted by molar-refractivity contribution is -0.120. The smallest absolute Gasteiger partial charge is 0.411 e. The first-order valence-corrected chi connectivity index (χ1v) is 15.7. The van der Waals surface area contributed by atoms with E-state index < -0.39 is 35.5 Å². The van der Waals surface area contributed by atoms with E-state index in [1.54, 1.807) is 78.0 Å². The fraction of sp³-hybridized carbons (Fsp3) is 0.400. The summed E-state index contributed by atoms with van der Waals surface area (Å²) < 4.78 is 10.9. The Morgan fingerprint density at radius 3 is 1.94 bits per heavy atom. The van der Waals surface area contributed by atoms with Crippen molar-refractivity contribution in [3.05, 3.63) is 66.7 Å². The van der Waals surface area contributed by atoms with E-state index in [0.717, 1.165) is 28.9 Å². The van der Waals surface area contributed by atoms with Crippen LogP contribution in [0, 0.1) is 0 Å². The van der Waals surface area contributed by atoms with Crippen molar-refractivity contribution in [1.29, 1.82) is 0 Å². The van der Waals surface area contributed by atoms with Crippen LogP contribution >= 0.6 is 0 Å². The van der Waals surface area contributed by atoms with Gasteiger partial charge in [-0.25, -0.2) is 9.59 Å². The summed E-state index contributed by atoms with van der Waals surface area (Å²) in [6.07, 6.45) is 3.76. The molecular formula is C35H42N6O6. The van der Waals surface area contributed by atoms with Crippen molar-refractivity contribution >= 4 is 35.4 Å². The third-order valence-corrected chi connectivity index (χ3v) is 7.53. The second-order valence-corrected chi connectivity index (χ2v) is 13.6. The first-order valence-electron chi connectivity index (χ1n) is 15.7. The summed E-state index contributed by atoms with van der Waals surface area (Å²) in [5.41, 5.74) is 3.14. The zero-order valence-corrected chi connectivity index (χ0v) is 27.6. The molecule has 0 aliphatic carbocycles. The quantitative estimate of drug-likeness (QED) is 0.272. The highest BCUT2D eigenvalue weighted by Gasteiger charge is 2.37. The molecule has 3 heterocycles. The van der Waals surface area contributed by atoms with Gasteiger partial charge in [-0.15, -0.1) is 0 Å². The van der Waals surface area contributed by atoms with Crippen LogP contribution in [-0.2, 0) is 19.1 Å². The van der Waals surface area contributed by atoms with Gasteiger partial charge in [0.25, 0.3) is 5.91 Å². The maximum atomic E-state index is 13.0. The summed E-state index contributed by atoms with van der Waals surface area (Å²) in [6.45, 7) is 11.6. The summed E-state index contributed by atoms with van der Waals surface area (Å²) >= 11 is 0. The first-order chi connectivity index (χ1) is 22.2. The first kappa shape index (κ1) is 33.2. The fourth-order valence-electron chi connectivity index (χ4n) is 5.35. The number of amides is 4. The molecule has 4 amide bonds. The van der Waals surface area contributed by atoms with Crippen LogP contribution in [-0.4, -0.2) is 80.4 Å². The number of nitrogens with zero attached hydrogens (tertiary/aromatic N) is 3. The number of H-pyrrole nitrogens is 1. The van der Waals surface area contributed by atoms with E-state index in [0.29, 0.717) is 30.9 Å². The van der Waals surface area contributed by atoms with Gasteiger partial charge in [-0.3, -0.25) is 24.5 Å². The molecule has 3 N–H and O–H groups in total. The third-order valence-electron chi connectivity index (χ3n) is 7.53. The molecule has 1 aromatic heterocycles. The molecule has 0 unspecified atom stereocenters. The van der Waals surface area contributed by atoms with Crippen molar-refractivity contribution in [3.8, 4) is 22.5 Å². The van der Waals surface area contributed by atoms with Crippen molar-refractivity contribution in [2.45, 2.75) is 77.7 Å². The van der Waals surface area contributed by atoms with Crippen LogP contribution in [0.3, 0.4) is 0 Å². The van der Waals surface area contributed by atoms with Crippen LogP contribution in [0.5, 0.6) is 0 Å². The SMILES string of the molecule is CC(C)(C)OC(=O)N1CC=C[C@H]1C(=O)Nc1ccc(-c2cc(-c3ccc(NC(=O)[C@@H]4CCCN4C(=O)OC(C)(C)C)cc3)n[nH]2)cc1. The van der Waals surface area contributed by atoms with Crippen molar-refractivity contribution in [2.24, 2.45) is 0 Å². The molecule has 2 aromatic carbocycles. The number of benzene rings is 2. The van der Waals surface area contributed by atoms with Crippen LogP contribution in [0.1, 0.15) is 54.4 Å². The number of aromatic amines is 1. The molecule has 2 aliphatic rings. The number of nitrogens with one attached hydrogen (secondary N) is 3. The zero-order chi connectivity index (χ0) is 33.9. The highest BCUT2D eigenvalue weighted by molar-refractivity contribution is 5.99. The van der Waals surface area contributed by atoms with Crippen LogP contribution in [0.25, 0.3) is 22.5 Å². The van der Waals surface area contributed by atoms with Crippen molar-refractivity contribution in [2.75, 3.05) is 23.7 Å². The van der Waals surface area contributed by atoms with Crippen molar-refractivity contribution < 1.29 is 28.7 Å². The average Bonchev–Trinajstić information content (AvgIpc) is 3.77. The predicted octanol–water partition coefficient (Wildman–Crippen LogP) is 6.20. The highest BCUT2D eigenvalue weighted by Crippen LogP contribution is 2.27. The minimum atomic E-state index is -0.756. The minimum absolute atomic E-state index is 0.247. The Bertz CT molecular complexity index is 1650. The normalized spacial score (nSPS) is 17.8. The summed E-state index contributed by atoms with van der Waals surface area (Å²) in [6, 6.07) is 15.2. The second kappa shape index (κ2) is 13.3. The van der Waals surface area contributed by atoms with Gasteiger partial charge in [0.05, 0.1) is 11.4 Å². The van der Waals surface area contributed by atoms with Gasteiger partial charge in [0.2, 0.25) is 5.91 Å². The number of hydrogen-bond acceptors (Lipinski definition) is 7. The number of carbonyl (C=O) groups is 4. The molecule has 0 bridgehead atoms. The molecule has 5 rings (SSSR count). The Kier molecular flexibility index (Phi) is 9.41. The van der Waals surface area contributed by atoms with Crippen LogP contribution in [0.4, 0.5) is 21.0 Å². The second-order valence-electron chi connectivity index (χ2n) is 13.6. The van der Waals surface area contributed by atoms with Crippen LogP contribution < -0.4 is 10.6 Å². The van der Waals surface area contributed by atoms with Crippen molar-refractivity contribution in [1.82, 2.24) is 20.0 Å². The summed E-state index contributed by atoms with van der Waals surface area (Å²) in [5, 5.41) is 13.3. The van der Waals surface area contributed by atoms with E-state index in [1.165, 1.54) is 9.80 Å². The maximum absolute atomic E-state index is 13.0. The Morgan fingerprint density at radius 2 is 1.34 bits per heavy atom. The molecule has 12 nitrogen and oxygen atoms in total. The summed E-state index contributed by atoms with van der Waals surface area (Å²) in [7, 11) is 0. The number of rotatable bonds is 6. The Hall–Kier alpha value is -5.13. The molecule has 47 heavy (non-hydrogen) atoms. The summed E-state index contributed by atoms with van der Waals surface area (Å²) in [4.78, 5) is 54.0. The largest absolute Gasteiger partial charge is 0.444 e. The lowest BCUT2D eigenvalue weighted by Crippen LogP contribution is -2.45. The van der Waals surface area contributed by atoms with E-state index in [-0.39, 0.29) is 11.8 Å². The van der Waals surface area contributed by atoms with Gasteiger partial charge < -0.3 is 20.1 Å². The number of likely N-dealkylation sites (tertiary alicyclic amines) is 1. The highest BCUT2D eigenvalue weighted by atomic mass is 16.6. The topological polar surface area (TPSA) is 146 Å². The number of aromatic nitrogens is 2. The van der Waals surface area contributed by atoms with Crippen molar-refractivity contribution in [3.63, 3.8) is 0 Å². The lowest BCUT2D eigenvalue weighted by atomic mass is 10.1. The minimum Gasteiger partial charge on any atom is -0.444 e. The van der Waals surface area contributed by atoms with Crippen LogP contribution in [0.15, 0.2) is 66.7 Å². The average molecular weight is 643 g/mol. The molecule has 3 aromatic rings. The van der Waals surface area contributed by atoms with E-state index >= 15 is 0 Å². The van der Waals surface area contributed by atoms with Gasteiger partial charge in [0.15, 0.2) is 0 Å². The van der Waals surface area contributed by atoms with Crippen LogP contribution in [0.2, 0.25) is 0 Å². The molecule has 2 aliphatic heterocycles. The van der Waals surface area contributed by atoms with Gasteiger partial charge in [0.1, 0.15) is 23.3 Å². The molecule has 12 heteroatoms. The van der Waals surface area contributed by atoms with Gasteiger partial charge >= 0.3 is 12.2 Å². The van der Waals surface area contributed by atoms with Gasteiger partial charge in [-0.2, -0.15) is 5.10 Å². The summed E-state index contributed by atoms with van der Waals surface area (Å²) in [5.74, 6) is -0.577.